The van der Waals surface area contributed by atoms with Gasteiger partial charge in [-0.1, -0.05) is 53.0 Å². The van der Waals surface area contributed by atoms with E-state index in [2.05, 4.69) is 0 Å². The fourth-order valence-electron chi connectivity index (χ4n) is 1.51. The van der Waals surface area contributed by atoms with Crippen molar-refractivity contribution in [1.82, 2.24) is 13.3 Å². The molecular formula is C10H8Cl3N3O2S. The van der Waals surface area contributed by atoms with E-state index in [-0.39, 0.29) is 0 Å². The summed E-state index contributed by atoms with van der Waals surface area (Å²) in [5.74, 6) is 0. The van der Waals surface area contributed by atoms with Crippen LogP contribution in [0.15, 0.2) is 39.9 Å². The van der Waals surface area contributed by atoms with Crippen molar-refractivity contribution in [1.29, 1.82) is 0 Å². The number of halogens is 3. The van der Waals surface area contributed by atoms with Gasteiger partial charge in [-0.15, -0.1) is 0 Å². The lowest BCUT2D eigenvalue weighted by molar-refractivity contribution is 0.687. The largest absolute Gasteiger partial charge is 0.362 e. The zero-order valence-corrected chi connectivity index (χ0v) is 12.7. The lowest BCUT2D eigenvalue weighted by atomic mass is 10.3. The monoisotopic (exact) mass is 339 g/mol. The van der Waals surface area contributed by atoms with E-state index in [9.17, 15) is 9.59 Å². The Bertz CT molecular complexity index is 700. The van der Waals surface area contributed by atoms with Crippen LogP contribution in [0, 0.1) is 0 Å². The summed E-state index contributed by atoms with van der Waals surface area (Å²) in [7, 11) is 1.42. The van der Waals surface area contributed by atoms with E-state index in [1.54, 1.807) is 30.3 Å². The molecule has 0 N–H and O–H groups in total. The Morgan fingerprint density at radius 1 is 1.05 bits per heavy atom. The summed E-state index contributed by atoms with van der Waals surface area (Å²) in [5.41, 5.74) is -0.648. The molecule has 19 heavy (non-hydrogen) atoms. The first-order valence-corrected chi connectivity index (χ1v) is 6.95. The number of para-hydroxylation sites is 1. The van der Waals surface area contributed by atoms with Crippen LogP contribution in [0.5, 0.6) is 0 Å². The third-order valence-corrected chi connectivity index (χ3v) is 3.70. The lowest BCUT2D eigenvalue weighted by Gasteiger charge is -2.10. The second-order valence-corrected chi connectivity index (χ2v) is 7.66. The summed E-state index contributed by atoms with van der Waals surface area (Å²) < 4.78 is 1.35. The van der Waals surface area contributed by atoms with E-state index in [1.807, 2.05) is 0 Å². The van der Waals surface area contributed by atoms with Gasteiger partial charge in [-0.05, 0) is 12.1 Å². The maximum Gasteiger partial charge on any atom is 0.362 e. The van der Waals surface area contributed by atoms with Gasteiger partial charge in [0.2, 0.25) is 0 Å². The Hall–Kier alpha value is -0.820. The van der Waals surface area contributed by atoms with E-state index in [0.29, 0.717) is 17.6 Å². The van der Waals surface area contributed by atoms with E-state index >= 15 is 0 Å². The van der Waals surface area contributed by atoms with Gasteiger partial charge in [-0.3, -0.25) is 0 Å². The molecule has 0 unspecified atom stereocenters. The van der Waals surface area contributed by atoms with E-state index in [4.69, 9.17) is 34.8 Å². The van der Waals surface area contributed by atoms with Gasteiger partial charge in [-0.2, -0.15) is 4.09 Å². The molecule has 5 nitrogen and oxygen atoms in total. The number of benzene rings is 1. The topological polar surface area (TPSA) is 48.9 Å². The van der Waals surface area contributed by atoms with Gasteiger partial charge in [0, 0.05) is 19.0 Å². The minimum absolute atomic E-state index is 0.455. The minimum atomic E-state index is -1.74. The van der Waals surface area contributed by atoms with Crippen LogP contribution in [0.4, 0.5) is 0 Å². The van der Waals surface area contributed by atoms with Crippen molar-refractivity contribution in [3.05, 3.63) is 51.3 Å². The lowest BCUT2D eigenvalue weighted by Crippen LogP contribution is -2.26. The molecule has 0 amide bonds. The SMILES string of the molecule is Cn1c(=O)n(-c2ccccc2)c(=O)n1SC(Cl)(Cl)Cl. The van der Waals surface area contributed by atoms with Gasteiger partial charge in [0.1, 0.15) is 0 Å². The summed E-state index contributed by atoms with van der Waals surface area (Å²) in [6.45, 7) is 0. The number of hydrogen-bond donors (Lipinski definition) is 0. The molecule has 0 aliphatic heterocycles. The van der Waals surface area contributed by atoms with Crippen LogP contribution in [0.1, 0.15) is 0 Å². The van der Waals surface area contributed by atoms with Crippen molar-refractivity contribution in [2.75, 3.05) is 0 Å². The molecule has 0 bridgehead atoms. The smallest absolute Gasteiger partial charge is 0.245 e. The first kappa shape index (κ1) is 14.6. The van der Waals surface area contributed by atoms with Crippen molar-refractivity contribution in [2.45, 2.75) is 3.12 Å². The molecule has 1 aromatic heterocycles. The van der Waals surface area contributed by atoms with Crippen molar-refractivity contribution in [3.63, 3.8) is 0 Å². The van der Waals surface area contributed by atoms with Gasteiger partial charge < -0.3 is 0 Å². The Morgan fingerprint density at radius 2 is 1.63 bits per heavy atom. The number of rotatable bonds is 2. The summed E-state index contributed by atoms with van der Waals surface area (Å²) in [4.78, 5) is 24.3. The average molecular weight is 341 g/mol. The average Bonchev–Trinajstić information content (AvgIpc) is 2.53. The van der Waals surface area contributed by atoms with Crippen molar-refractivity contribution < 1.29 is 0 Å². The number of aromatic nitrogens is 3. The summed E-state index contributed by atoms with van der Waals surface area (Å²) in [5, 5.41) is 0. The molecule has 102 valence electrons. The molecule has 0 saturated heterocycles. The van der Waals surface area contributed by atoms with Crippen molar-refractivity contribution in [3.8, 4) is 5.69 Å². The number of alkyl halides is 3. The third-order valence-electron chi connectivity index (χ3n) is 2.30. The molecule has 1 heterocycles. The van der Waals surface area contributed by atoms with E-state index in [1.165, 1.54) is 7.05 Å². The van der Waals surface area contributed by atoms with Gasteiger partial charge in [0.05, 0.1) is 5.69 Å². The molecule has 2 aromatic rings. The molecule has 0 fully saturated rings. The highest BCUT2D eigenvalue weighted by atomic mass is 35.6. The number of nitrogens with zero attached hydrogens (tertiary/aromatic N) is 3. The van der Waals surface area contributed by atoms with Gasteiger partial charge in [0.15, 0.2) is 0 Å². The predicted molar refractivity (Wildman–Crippen MR) is 78.5 cm³/mol. The van der Waals surface area contributed by atoms with Crippen LogP contribution < -0.4 is 11.4 Å². The molecule has 0 saturated carbocycles. The van der Waals surface area contributed by atoms with Crippen LogP contribution in [-0.4, -0.2) is 16.5 Å². The second kappa shape index (κ2) is 5.28. The normalized spacial score (nSPS) is 11.8. The molecular weight excluding hydrogens is 333 g/mol. The Kier molecular flexibility index (Phi) is 4.06. The van der Waals surface area contributed by atoms with Crippen LogP contribution in [-0.2, 0) is 7.05 Å². The Morgan fingerprint density at radius 3 is 2.16 bits per heavy atom. The molecule has 0 aliphatic rings. The highest BCUT2D eigenvalue weighted by Gasteiger charge is 2.26. The summed E-state index contributed by atoms with van der Waals surface area (Å²) >= 11 is 17.5. The first-order valence-electron chi connectivity index (χ1n) is 5.04. The second-order valence-electron chi connectivity index (χ2n) is 3.57. The summed E-state index contributed by atoms with van der Waals surface area (Å²) in [6, 6.07) is 8.52. The maximum absolute atomic E-state index is 12.2. The molecule has 0 spiro atoms. The summed E-state index contributed by atoms with van der Waals surface area (Å²) in [6.07, 6.45) is 0. The minimum Gasteiger partial charge on any atom is -0.245 e. The van der Waals surface area contributed by atoms with E-state index < -0.39 is 14.5 Å². The van der Waals surface area contributed by atoms with Gasteiger partial charge >= 0.3 is 11.4 Å². The van der Waals surface area contributed by atoms with Crippen LogP contribution in [0.3, 0.4) is 0 Å². The molecule has 9 heteroatoms. The zero-order valence-electron chi connectivity index (χ0n) is 9.59. The predicted octanol–water partition coefficient (Wildman–Crippen LogP) is 2.16. The van der Waals surface area contributed by atoms with E-state index in [0.717, 1.165) is 13.3 Å². The number of hydrogen-bond acceptors (Lipinski definition) is 3. The molecule has 0 aliphatic carbocycles. The zero-order chi connectivity index (χ0) is 14.2. The molecule has 0 radical (unpaired) electrons. The molecule has 0 atom stereocenters. The van der Waals surface area contributed by atoms with Crippen molar-refractivity contribution in [2.24, 2.45) is 7.05 Å². The van der Waals surface area contributed by atoms with Crippen LogP contribution in [0.2, 0.25) is 0 Å². The molecule has 1 aromatic carbocycles. The van der Waals surface area contributed by atoms with Gasteiger partial charge in [0.25, 0.3) is 3.12 Å². The fraction of sp³-hybridized carbons (Fsp3) is 0.200. The third kappa shape index (κ3) is 3.02. The fourth-order valence-corrected chi connectivity index (χ4v) is 2.65. The van der Waals surface area contributed by atoms with Crippen LogP contribution in [0.25, 0.3) is 5.69 Å². The molecule has 2 rings (SSSR count). The highest BCUT2D eigenvalue weighted by molar-refractivity contribution is 8.03. The first-order chi connectivity index (χ1) is 8.81. The maximum atomic E-state index is 12.2. The Balaban J connectivity index is 2.64. The van der Waals surface area contributed by atoms with Crippen LogP contribution >= 0.6 is 46.8 Å². The standard InChI is InChI=1S/C10H8Cl3N3O2S/c1-14-8(17)15(7-5-3-2-4-6-7)9(18)16(14)19-10(11,12)13/h2-6H,1H3. The van der Waals surface area contributed by atoms with Crippen molar-refractivity contribution >= 4 is 46.8 Å². The highest BCUT2D eigenvalue weighted by Crippen LogP contribution is 2.38. The van der Waals surface area contributed by atoms with Gasteiger partial charge in [-0.25, -0.2) is 18.8 Å². The Labute approximate surface area is 127 Å². The quantitative estimate of drug-likeness (QED) is 0.787.